The summed E-state index contributed by atoms with van der Waals surface area (Å²) in [4.78, 5) is 15.3. The Balaban J connectivity index is 1.76. The highest BCUT2D eigenvalue weighted by molar-refractivity contribution is 6.31. The van der Waals surface area contributed by atoms with E-state index in [9.17, 15) is 4.79 Å². The van der Waals surface area contributed by atoms with Crippen molar-refractivity contribution in [1.29, 1.82) is 0 Å². The highest BCUT2D eigenvalue weighted by atomic mass is 35.5. The fourth-order valence-electron chi connectivity index (χ4n) is 2.29. The van der Waals surface area contributed by atoms with Gasteiger partial charge in [0.15, 0.2) is 0 Å². The smallest absolute Gasteiger partial charge is 0.267 e. The topological polar surface area (TPSA) is 44.9 Å². The Labute approximate surface area is 127 Å². The van der Waals surface area contributed by atoms with Gasteiger partial charge in [-0.25, -0.2) is 0 Å². The summed E-state index contributed by atoms with van der Waals surface area (Å²) in [7, 11) is 0. The van der Waals surface area contributed by atoms with Crippen LogP contribution in [-0.2, 0) is 6.54 Å². The molecule has 1 aromatic heterocycles. The summed E-state index contributed by atoms with van der Waals surface area (Å²) >= 11 is 6.08. The molecule has 0 aliphatic carbocycles. The molecule has 2 aromatic carbocycles. The zero-order valence-electron chi connectivity index (χ0n) is 11.6. The summed E-state index contributed by atoms with van der Waals surface area (Å²) < 4.78 is 0. The number of halogens is 1. The van der Waals surface area contributed by atoms with Crippen LogP contribution in [0.3, 0.4) is 0 Å². The van der Waals surface area contributed by atoms with Gasteiger partial charge in [0.2, 0.25) is 0 Å². The molecule has 0 aliphatic heterocycles. The minimum absolute atomic E-state index is 0.135. The number of hydrogen-bond donors (Lipinski definition) is 2. The second-order valence-electron chi connectivity index (χ2n) is 5.05. The molecule has 106 valence electrons. The maximum Gasteiger partial charge on any atom is 0.267 e. The fourth-order valence-corrected chi connectivity index (χ4v) is 2.49. The molecular formula is C17H15ClN2O. The Hall–Kier alpha value is -2.26. The van der Waals surface area contributed by atoms with Crippen LogP contribution in [0.5, 0.6) is 0 Å². The van der Waals surface area contributed by atoms with E-state index in [0.29, 0.717) is 17.3 Å². The standard InChI is InChI=1S/C17H15ClN2O/c1-11-6-7-15-13(8-11)9-16(20-15)17(21)19-10-12-4-2-3-5-14(12)18/h2-9,20H,10H2,1H3,(H,19,21). The average molecular weight is 299 g/mol. The van der Waals surface area contributed by atoms with Crippen LogP contribution in [0.25, 0.3) is 10.9 Å². The van der Waals surface area contributed by atoms with Crippen LogP contribution in [0.1, 0.15) is 21.6 Å². The zero-order valence-corrected chi connectivity index (χ0v) is 12.4. The Bertz CT molecular complexity index is 807. The van der Waals surface area contributed by atoms with Crippen LogP contribution in [0.4, 0.5) is 0 Å². The van der Waals surface area contributed by atoms with Gasteiger partial charge < -0.3 is 10.3 Å². The first-order valence-corrected chi connectivity index (χ1v) is 7.12. The van der Waals surface area contributed by atoms with E-state index in [-0.39, 0.29) is 5.91 Å². The zero-order chi connectivity index (χ0) is 14.8. The van der Waals surface area contributed by atoms with E-state index in [1.165, 1.54) is 5.56 Å². The summed E-state index contributed by atoms with van der Waals surface area (Å²) in [6.45, 7) is 2.44. The number of aryl methyl sites for hydroxylation is 1. The van der Waals surface area contributed by atoms with Gasteiger partial charge in [-0.1, -0.05) is 41.4 Å². The molecule has 0 aliphatic rings. The van der Waals surface area contributed by atoms with Crippen molar-refractivity contribution in [2.45, 2.75) is 13.5 Å². The summed E-state index contributed by atoms with van der Waals surface area (Å²) in [6.07, 6.45) is 0. The molecule has 2 N–H and O–H groups in total. The van der Waals surface area contributed by atoms with Crippen LogP contribution in [-0.4, -0.2) is 10.9 Å². The fraction of sp³-hybridized carbons (Fsp3) is 0.118. The van der Waals surface area contributed by atoms with Crippen LogP contribution < -0.4 is 5.32 Å². The number of amides is 1. The predicted molar refractivity (Wildman–Crippen MR) is 85.7 cm³/mol. The monoisotopic (exact) mass is 298 g/mol. The number of aromatic amines is 1. The van der Waals surface area contributed by atoms with E-state index in [1.807, 2.05) is 49.4 Å². The minimum Gasteiger partial charge on any atom is -0.351 e. The van der Waals surface area contributed by atoms with Crippen molar-refractivity contribution < 1.29 is 4.79 Å². The third kappa shape index (κ3) is 2.93. The van der Waals surface area contributed by atoms with Crippen molar-refractivity contribution in [3.8, 4) is 0 Å². The molecule has 0 bridgehead atoms. The SMILES string of the molecule is Cc1ccc2[nH]c(C(=O)NCc3ccccc3Cl)cc2c1. The quantitative estimate of drug-likeness (QED) is 0.752. The predicted octanol–water partition coefficient (Wildman–Crippen LogP) is 4.06. The molecule has 1 amide bonds. The molecule has 0 spiro atoms. The molecule has 3 aromatic rings. The van der Waals surface area contributed by atoms with Gasteiger partial charge in [0.1, 0.15) is 5.69 Å². The largest absolute Gasteiger partial charge is 0.351 e. The molecule has 21 heavy (non-hydrogen) atoms. The number of carbonyl (C=O) groups excluding carboxylic acids is 1. The third-order valence-corrected chi connectivity index (χ3v) is 3.79. The minimum atomic E-state index is -0.135. The molecule has 0 fully saturated rings. The van der Waals surface area contributed by atoms with Crippen molar-refractivity contribution in [2.75, 3.05) is 0 Å². The number of hydrogen-bond acceptors (Lipinski definition) is 1. The van der Waals surface area contributed by atoms with E-state index >= 15 is 0 Å². The van der Waals surface area contributed by atoms with Crippen molar-refractivity contribution in [1.82, 2.24) is 10.3 Å². The van der Waals surface area contributed by atoms with E-state index < -0.39 is 0 Å². The van der Waals surface area contributed by atoms with Gasteiger partial charge in [0.25, 0.3) is 5.91 Å². The van der Waals surface area contributed by atoms with Crippen molar-refractivity contribution >= 4 is 28.4 Å². The van der Waals surface area contributed by atoms with Gasteiger partial charge in [-0.2, -0.15) is 0 Å². The van der Waals surface area contributed by atoms with Crippen molar-refractivity contribution in [3.63, 3.8) is 0 Å². The number of aromatic nitrogens is 1. The first-order chi connectivity index (χ1) is 10.1. The van der Waals surface area contributed by atoms with Gasteiger partial charge in [0, 0.05) is 22.5 Å². The molecule has 0 atom stereocenters. The number of H-pyrrole nitrogens is 1. The molecule has 3 nitrogen and oxygen atoms in total. The van der Waals surface area contributed by atoms with Crippen molar-refractivity contribution in [3.05, 3.63) is 70.4 Å². The Morgan fingerprint density at radius 2 is 2.00 bits per heavy atom. The van der Waals surface area contributed by atoms with E-state index in [4.69, 9.17) is 11.6 Å². The molecule has 1 heterocycles. The maximum atomic E-state index is 12.2. The van der Waals surface area contributed by atoms with Gasteiger partial charge >= 0.3 is 0 Å². The molecule has 0 saturated heterocycles. The van der Waals surface area contributed by atoms with Crippen LogP contribution in [0.15, 0.2) is 48.5 Å². The maximum absolute atomic E-state index is 12.2. The molecule has 3 rings (SSSR count). The van der Waals surface area contributed by atoms with Crippen LogP contribution in [0.2, 0.25) is 5.02 Å². The summed E-state index contributed by atoms with van der Waals surface area (Å²) in [5, 5.41) is 4.57. The lowest BCUT2D eigenvalue weighted by Gasteiger charge is -2.05. The van der Waals surface area contributed by atoms with Gasteiger partial charge in [-0.3, -0.25) is 4.79 Å². The molecular weight excluding hydrogens is 284 g/mol. The normalized spacial score (nSPS) is 10.8. The summed E-state index contributed by atoms with van der Waals surface area (Å²) in [5.41, 5.74) is 3.59. The molecule has 0 saturated carbocycles. The van der Waals surface area contributed by atoms with Gasteiger partial charge in [-0.05, 0) is 36.8 Å². The number of nitrogens with one attached hydrogen (secondary N) is 2. The van der Waals surface area contributed by atoms with Crippen LogP contribution >= 0.6 is 11.6 Å². The second-order valence-corrected chi connectivity index (χ2v) is 5.46. The van der Waals surface area contributed by atoms with E-state index in [0.717, 1.165) is 16.5 Å². The summed E-state index contributed by atoms with van der Waals surface area (Å²) in [5.74, 6) is -0.135. The lowest BCUT2D eigenvalue weighted by Crippen LogP contribution is -2.23. The Morgan fingerprint density at radius 3 is 2.81 bits per heavy atom. The first kappa shape index (κ1) is 13.7. The lowest BCUT2D eigenvalue weighted by atomic mass is 10.2. The molecule has 0 radical (unpaired) electrons. The van der Waals surface area contributed by atoms with Crippen molar-refractivity contribution in [2.24, 2.45) is 0 Å². The lowest BCUT2D eigenvalue weighted by molar-refractivity contribution is 0.0947. The van der Waals surface area contributed by atoms with Gasteiger partial charge in [0.05, 0.1) is 0 Å². The van der Waals surface area contributed by atoms with E-state index in [1.54, 1.807) is 0 Å². The van der Waals surface area contributed by atoms with E-state index in [2.05, 4.69) is 16.4 Å². The molecule has 4 heteroatoms. The highest BCUT2D eigenvalue weighted by Gasteiger charge is 2.10. The summed E-state index contributed by atoms with van der Waals surface area (Å²) in [6, 6.07) is 15.4. The second kappa shape index (κ2) is 5.62. The Kier molecular flexibility index (Phi) is 3.67. The average Bonchev–Trinajstić information content (AvgIpc) is 2.89. The number of carbonyl (C=O) groups is 1. The number of rotatable bonds is 3. The van der Waals surface area contributed by atoms with Gasteiger partial charge in [-0.15, -0.1) is 0 Å². The number of benzene rings is 2. The first-order valence-electron chi connectivity index (χ1n) is 6.74. The Morgan fingerprint density at radius 1 is 1.19 bits per heavy atom. The third-order valence-electron chi connectivity index (χ3n) is 3.42. The number of fused-ring (bicyclic) bond motifs is 1. The van der Waals surface area contributed by atoms with Crippen LogP contribution in [0, 0.1) is 6.92 Å². The highest BCUT2D eigenvalue weighted by Crippen LogP contribution is 2.18. The molecule has 0 unspecified atom stereocenters.